The molecule has 0 atom stereocenters. The van der Waals surface area contributed by atoms with Gasteiger partial charge in [0.25, 0.3) is 0 Å². The second kappa shape index (κ2) is 50.5. The molecule has 0 unspecified atom stereocenters. The van der Waals surface area contributed by atoms with Crippen LogP contribution in [-0.4, -0.2) is 212 Å². The Kier molecular flexibility index (Phi) is 54.0. The molecule has 0 rings (SSSR count). The third-order valence-corrected chi connectivity index (χ3v) is 23.9. The lowest BCUT2D eigenvalue weighted by Gasteiger charge is -2.28. The molecule has 0 aromatic rings. The molecule has 0 N–H and O–H groups in total. The molecule has 0 aliphatic heterocycles. The van der Waals surface area contributed by atoms with Crippen LogP contribution in [0.15, 0.2) is 61.8 Å². The normalized spacial score (nSPS) is 11.2. The first-order chi connectivity index (χ1) is 36.8. The molecule has 0 radical (unpaired) electrons. The Morgan fingerprint density at radius 1 is 0.333 bits per heavy atom. The molecule has 458 valence electrons. The van der Waals surface area contributed by atoms with Crippen LogP contribution in [0.25, 0.3) is 0 Å². The van der Waals surface area contributed by atoms with Crippen LogP contribution in [0.1, 0.15) is 54.4 Å². The topological polar surface area (TPSA) is 270 Å². The summed E-state index contributed by atoms with van der Waals surface area (Å²) in [4.78, 5) is 54.8. The molecule has 0 heterocycles. The smallest absolute Gasteiger partial charge is 0.463 e. The Labute approximate surface area is 470 Å². The summed E-state index contributed by atoms with van der Waals surface area (Å²) < 4.78 is 104. The van der Waals surface area contributed by atoms with Gasteiger partial charge in [0.1, 0.15) is 0 Å². The van der Waals surface area contributed by atoms with E-state index in [0.717, 1.165) is 12.2 Å². The third kappa shape index (κ3) is 39.0. The van der Waals surface area contributed by atoms with Gasteiger partial charge in [-0.1, -0.05) is 32.9 Å². The van der Waals surface area contributed by atoms with Crippen molar-refractivity contribution in [2.24, 2.45) is 0 Å². The van der Waals surface area contributed by atoms with Crippen molar-refractivity contribution in [3.05, 3.63) is 61.8 Å². The number of ether oxygens (including phenoxy) is 5. The minimum atomic E-state index is -2.70. The van der Waals surface area contributed by atoms with Crippen LogP contribution in [-0.2, 0) is 114 Å². The van der Waals surface area contributed by atoms with Gasteiger partial charge in [-0.05, 0) is 54.4 Å². The van der Waals surface area contributed by atoms with E-state index in [0.29, 0.717) is 92.8 Å². The van der Waals surface area contributed by atoms with Gasteiger partial charge in [0.05, 0.1) is 51.2 Å². The fraction of sp³-hybridized carbons (Fsp3) is 0.688. The SMILES string of the molecule is C=C(C)C(=O)OCCC[Si](OC)(OC)OC.C=C(C)C(=O)OCC[Si](OC)(OC)OC.C=C(C)C(=O)OCC[Si](OCC)(OCC)OCC.C=CC(=O)OCCC[Si](OC)(OC)OC.C=CC(=O)OCC[Si](OC)(OC)OC. The van der Waals surface area contributed by atoms with Gasteiger partial charge in [-0.25, -0.2) is 24.0 Å². The molecular weight excluding hydrogens is 1120 g/mol. The van der Waals surface area contributed by atoms with Crippen molar-refractivity contribution >= 4 is 73.9 Å². The molecule has 0 fully saturated rings. The Balaban J connectivity index is -0.000000285. The van der Waals surface area contributed by atoms with Crippen LogP contribution in [0.4, 0.5) is 0 Å². The van der Waals surface area contributed by atoms with Crippen LogP contribution in [0.2, 0.25) is 30.2 Å². The summed E-state index contributed by atoms with van der Waals surface area (Å²) in [7, 11) is 5.40. The summed E-state index contributed by atoms with van der Waals surface area (Å²) in [6.07, 6.45) is 3.52. The Hall–Kier alpha value is -3.47. The lowest BCUT2D eigenvalue weighted by atomic mass is 10.4. The largest absolute Gasteiger partial charge is 0.504 e. The molecule has 0 saturated carbocycles. The number of hydrogen-bond acceptors (Lipinski definition) is 25. The highest BCUT2D eigenvalue weighted by Gasteiger charge is 2.42. The Bertz CT molecular complexity index is 1620. The predicted molar refractivity (Wildman–Crippen MR) is 301 cm³/mol. The fourth-order valence-corrected chi connectivity index (χ4v) is 14.1. The van der Waals surface area contributed by atoms with E-state index < -0.39 is 67.9 Å². The van der Waals surface area contributed by atoms with Gasteiger partial charge in [-0.15, -0.1) is 0 Å². The quantitative estimate of drug-likeness (QED) is 0.0221. The monoisotopic (exact) mass is 1210 g/mol. The molecule has 0 aromatic heterocycles. The summed E-state index contributed by atoms with van der Waals surface area (Å²) in [5.41, 5.74) is 1.15. The molecule has 78 heavy (non-hydrogen) atoms. The van der Waals surface area contributed by atoms with Gasteiger partial charge in [-0.3, -0.25) is 0 Å². The van der Waals surface area contributed by atoms with Crippen LogP contribution in [0.3, 0.4) is 0 Å². The van der Waals surface area contributed by atoms with E-state index in [1.807, 2.05) is 20.8 Å². The van der Waals surface area contributed by atoms with E-state index in [1.54, 1.807) is 63.4 Å². The van der Waals surface area contributed by atoms with Crippen molar-refractivity contribution < 1.29 is 114 Å². The van der Waals surface area contributed by atoms with E-state index in [1.165, 1.54) is 42.7 Å². The maximum Gasteiger partial charge on any atom is 0.504 e. The lowest BCUT2D eigenvalue weighted by Crippen LogP contribution is -2.47. The van der Waals surface area contributed by atoms with Gasteiger partial charge >= 0.3 is 73.9 Å². The highest BCUT2D eigenvalue weighted by Crippen LogP contribution is 2.18. The minimum absolute atomic E-state index is 0.201. The van der Waals surface area contributed by atoms with Gasteiger partial charge in [0, 0.05) is 146 Å². The molecule has 0 amide bonds. The number of carbonyl (C=O) groups excluding carboxylic acids is 5. The lowest BCUT2D eigenvalue weighted by molar-refractivity contribution is -0.139. The van der Waals surface area contributed by atoms with Gasteiger partial charge in [-0.2, -0.15) is 0 Å². The van der Waals surface area contributed by atoms with Crippen molar-refractivity contribution in [1.29, 1.82) is 0 Å². The molecule has 0 saturated heterocycles. The molecule has 0 aliphatic carbocycles. The first-order valence-corrected chi connectivity index (χ1v) is 34.1. The number of carbonyl (C=O) groups is 5. The zero-order valence-corrected chi connectivity index (χ0v) is 55.0. The van der Waals surface area contributed by atoms with Crippen LogP contribution >= 0.6 is 0 Å². The van der Waals surface area contributed by atoms with Crippen molar-refractivity contribution in [3.63, 3.8) is 0 Å². The second-order valence-corrected chi connectivity index (χ2v) is 30.2. The van der Waals surface area contributed by atoms with Crippen molar-refractivity contribution in [3.8, 4) is 0 Å². The van der Waals surface area contributed by atoms with Crippen LogP contribution < -0.4 is 0 Å². The van der Waals surface area contributed by atoms with Gasteiger partial charge in [0.15, 0.2) is 0 Å². The number of hydrogen-bond donors (Lipinski definition) is 0. The van der Waals surface area contributed by atoms with Crippen LogP contribution in [0.5, 0.6) is 0 Å². The summed E-state index contributed by atoms with van der Waals surface area (Å²) in [5.74, 6) is -2.08. The fourth-order valence-electron chi connectivity index (χ4n) is 5.44. The first-order valence-electron chi connectivity index (χ1n) is 24.4. The summed E-state index contributed by atoms with van der Waals surface area (Å²) in [5, 5.41) is 0. The minimum Gasteiger partial charge on any atom is -0.463 e. The van der Waals surface area contributed by atoms with Crippen LogP contribution in [0, 0.1) is 0 Å². The zero-order chi connectivity index (χ0) is 61.3. The second-order valence-electron chi connectivity index (χ2n) is 15.1. The van der Waals surface area contributed by atoms with E-state index >= 15 is 0 Å². The Morgan fingerprint density at radius 2 is 0.538 bits per heavy atom. The number of esters is 5. The molecule has 0 bridgehead atoms. The molecular formula is C48H96O25Si5. The molecule has 0 aromatic carbocycles. The van der Waals surface area contributed by atoms with Gasteiger partial charge < -0.3 is 90.1 Å². The third-order valence-electron chi connectivity index (χ3n) is 9.87. The predicted octanol–water partition coefficient (Wildman–Crippen LogP) is 6.09. The summed E-state index contributed by atoms with van der Waals surface area (Å²) in [6.45, 7) is 30.3. The summed E-state index contributed by atoms with van der Waals surface area (Å²) >= 11 is 0. The molecule has 0 spiro atoms. The molecule has 30 heteroatoms. The highest BCUT2D eigenvalue weighted by atomic mass is 28.4. The van der Waals surface area contributed by atoms with Crippen molar-refractivity contribution in [1.82, 2.24) is 0 Å². The average Bonchev–Trinajstić information content (AvgIpc) is 3.44. The zero-order valence-electron chi connectivity index (χ0n) is 50.0. The Morgan fingerprint density at radius 3 is 0.769 bits per heavy atom. The maximum absolute atomic E-state index is 11.3. The van der Waals surface area contributed by atoms with Crippen molar-refractivity contribution in [2.45, 2.75) is 84.6 Å². The van der Waals surface area contributed by atoms with E-state index in [4.69, 9.17) is 90.1 Å². The van der Waals surface area contributed by atoms with E-state index in [9.17, 15) is 24.0 Å². The average molecular weight is 1210 g/mol. The molecule has 0 aliphatic rings. The maximum atomic E-state index is 11.3. The van der Waals surface area contributed by atoms with E-state index in [-0.39, 0.29) is 25.8 Å². The van der Waals surface area contributed by atoms with E-state index in [2.05, 4.69) is 32.9 Å². The summed E-state index contributed by atoms with van der Waals surface area (Å²) in [6, 6.07) is 2.54. The highest BCUT2D eigenvalue weighted by molar-refractivity contribution is 6.62. The van der Waals surface area contributed by atoms with Crippen molar-refractivity contribution in [2.75, 3.05) is 138 Å². The first kappa shape index (κ1) is 83.4. The van der Waals surface area contributed by atoms with Gasteiger partial charge in [0.2, 0.25) is 0 Å². The number of rotatable bonds is 40. The standard InChI is InChI=1S/C12H24O5Si.C10H20O5Si.2C9H18O5Si.C8H16O5Si/c1-6-15-18(16-7-2,17-8-3)10-9-14-12(13)11(4)5;1-9(2)10(11)15-7-6-8-16(12-3,13-4)14-5;1-8(2)9(10)14-6-7-15(11-3,12-4)13-5;1-5-9(10)14-7-6-8-15(11-2,12-3)13-4;1-5-8(9)13-6-7-14(10-2,11-3)12-4/h4,6-10H2,1-3,5H3;1,6-8H2,2-5H3;1,6-7H2,2-5H3;5H,1,6-8H2,2-4H3;5H,1,6-7H2,2-4H3. The molecule has 25 nitrogen and oxygen atoms in total.